The number of benzene rings is 1. The Kier molecular flexibility index (Phi) is 4.19. The number of methoxy groups -OCH3 is 1. The number of rotatable bonds is 4. The van der Waals surface area contributed by atoms with Crippen LogP contribution in [-0.2, 0) is 6.18 Å². The fourth-order valence-corrected chi connectivity index (χ4v) is 3.30. The predicted molar refractivity (Wildman–Crippen MR) is 95.4 cm³/mol. The number of nitrogens with zero attached hydrogens (tertiary/aromatic N) is 4. The van der Waals surface area contributed by atoms with Gasteiger partial charge in [-0.2, -0.15) is 13.2 Å². The first-order chi connectivity index (χ1) is 13.0. The minimum atomic E-state index is -4.60. The van der Waals surface area contributed by atoms with Crippen molar-refractivity contribution >= 4 is 27.8 Å². The minimum absolute atomic E-state index is 0.109. The fraction of sp³-hybridized carbons (Fsp3) is 0.118. The summed E-state index contributed by atoms with van der Waals surface area (Å²) in [5.74, 6) is 0.703. The SMILES string of the molecule is COc1ccc(Nc2nc(-c3c(C(F)(F)F)nc4cnccn34)cs2)cc1. The Labute approximate surface area is 155 Å². The summed E-state index contributed by atoms with van der Waals surface area (Å²) in [7, 11) is 1.57. The van der Waals surface area contributed by atoms with Crippen LogP contribution in [0.15, 0.2) is 48.2 Å². The van der Waals surface area contributed by atoms with Crippen LogP contribution in [0.5, 0.6) is 5.75 Å². The number of ether oxygens (including phenoxy) is 1. The molecule has 138 valence electrons. The molecule has 0 aliphatic rings. The number of hydrogen-bond donors (Lipinski definition) is 1. The molecule has 0 fully saturated rings. The lowest BCUT2D eigenvalue weighted by atomic mass is 10.2. The van der Waals surface area contributed by atoms with Crippen molar-refractivity contribution < 1.29 is 17.9 Å². The van der Waals surface area contributed by atoms with Crippen LogP contribution in [0.1, 0.15) is 5.69 Å². The van der Waals surface area contributed by atoms with Crippen molar-refractivity contribution in [2.24, 2.45) is 0 Å². The Morgan fingerprint density at radius 2 is 1.93 bits per heavy atom. The van der Waals surface area contributed by atoms with Crippen LogP contribution in [-0.4, -0.2) is 26.5 Å². The van der Waals surface area contributed by atoms with Crippen molar-refractivity contribution in [3.8, 4) is 17.1 Å². The number of halogens is 3. The van der Waals surface area contributed by atoms with Gasteiger partial charge in [0.15, 0.2) is 16.5 Å². The summed E-state index contributed by atoms with van der Waals surface area (Å²) in [4.78, 5) is 11.8. The summed E-state index contributed by atoms with van der Waals surface area (Å²) in [5, 5.41) is 5.10. The van der Waals surface area contributed by atoms with E-state index < -0.39 is 11.9 Å². The number of hydrogen-bond acceptors (Lipinski definition) is 6. The molecule has 0 spiro atoms. The Morgan fingerprint density at radius 3 is 2.63 bits per heavy atom. The Balaban J connectivity index is 1.72. The third-order valence-electron chi connectivity index (χ3n) is 3.79. The van der Waals surface area contributed by atoms with Gasteiger partial charge in [-0.3, -0.25) is 9.38 Å². The van der Waals surface area contributed by atoms with Crippen LogP contribution < -0.4 is 10.1 Å². The van der Waals surface area contributed by atoms with E-state index in [1.54, 1.807) is 36.8 Å². The topological polar surface area (TPSA) is 64.3 Å². The summed E-state index contributed by atoms with van der Waals surface area (Å²) in [6.45, 7) is 0. The van der Waals surface area contributed by atoms with Crippen molar-refractivity contribution in [1.29, 1.82) is 0 Å². The molecule has 3 heterocycles. The third-order valence-corrected chi connectivity index (χ3v) is 4.54. The lowest BCUT2D eigenvalue weighted by Crippen LogP contribution is -2.08. The van der Waals surface area contributed by atoms with Gasteiger partial charge in [-0.05, 0) is 24.3 Å². The van der Waals surface area contributed by atoms with Crippen LogP contribution in [0.3, 0.4) is 0 Å². The van der Waals surface area contributed by atoms with Crippen molar-refractivity contribution in [1.82, 2.24) is 19.4 Å². The molecular formula is C17H12F3N5OS. The monoisotopic (exact) mass is 391 g/mol. The standard InChI is InChI=1S/C17H12F3N5OS/c1-26-11-4-2-10(3-5-11)22-16-23-12(9-27-16)14-15(17(18,19)20)24-13-8-21-6-7-25(13)14/h2-9H,1H3,(H,22,23). The second-order valence-electron chi connectivity index (χ2n) is 5.50. The predicted octanol–water partition coefficient (Wildman–Crippen LogP) is 4.62. The van der Waals surface area contributed by atoms with Gasteiger partial charge < -0.3 is 10.1 Å². The van der Waals surface area contributed by atoms with Gasteiger partial charge in [-0.25, -0.2) is 9.97 Å². The number of thiazole rings is 1. The molecule has 0 aliphatic heterocycles. The number of anilines is 2. The zero-order valence-electron chi connectivity index (χ0n) is 13.9. The maximum atomic E-state index is 13.4. The van der Waals surface area contributed by atoms with E-state index in [0.29, 0.717) is 10.9 Å². The molecule has 4 rings (SSSR count). The molecule has 10 heteroatoms. The number of imidazole rings is 1. The van der Waals surface area contributed by atoms with Gasteiger partial charge in [0.05, 0.1) is 13.3 Å². The molecular weight excluding hydrogens is 379 g/mol. The lowest BCUT2D eigenvalue weighted by Gasteiger charge is -2.06. The normalized spacial score (nSPS) is 11.7. The zero-order chi connectivity index (χ0) is 19.0. The largest absolute Gasteiger partial charge is 0.497 e. The minimum Gasteiger partial charge on any atom is -0.497 e. The van der Waals surface area contributed by atoms with Crippen molar-refractivity contribution in [3.63, 3.8) is 0 Å². The fourth-order valence-electron chi connectivity index (χ4n) is 2.59. The second-order valence-corrected chi connectivity index (χ2v) is 6.36. The van der Waals surface area contributed by atoms with Crippen LogP contribution >= 0.6 is 11.3 Å². The second kappa shape index (κ2) is 6.54. The van der Waals surface area contributed by atoms with Gasteiger partial charge >= 0.3 is 6.18 Å². The average molecular weight is 391 g/mol. The molecule has 0 amide bonds. The molecule has 4 aromatic rings. The number of aromatic nitrogens is 4. The number of fused-ring (bicyclic) bond motifs is 1. The van der Waals surface area contributed by atoms with E-state index in [-0.39, 0.29) is 17.0 Å². The molecule has 3 aromatic heterocycles. The van der Waals surface area contributed by atoms with Gasteiger partial charge in [0.1, 0.15) is 17.1 Å². The highest BCUT2D eigenvalue weighted by molar-refractivity contribution is 7.14. The van der Waals surface area contributed by atoms with E-state index in [1.165, 1.54) is 34.3 Å². The molecule has 0 bridgehead atoms. The summed E-state index contributed by atoms with van der Waals surface area (Å²) in [6, 6.07) is 7.13. The highest BCUT2D eigenvalue weighted by Gasteiger charge is 2.39. The molecule has 27 heavy (non-hydrogen) atoms. The highest BCUT2D eigenvalue weighted by Crippen LogP contribution is 2.38. The maximum absolute atomic E-state index is 13.4. The summed E-state index contributed by atoms with van der Waals surface area (Å²) in [5.41, 5.74) is -0.0645. The van der Waals surface area contributed by atoms with Crippen molar-refractivity contribution in [3.05, 3.63) is 53.9 Å². The number of alkyl halides is 3. The van der Waals surface area contributed by atoms with Crippen LogP contribution in [0.25, 0.3) is 17.0 Å². The van der Waals surface area contributed by atoms with E-state index in [2.05, 4.69) is 20.3 Å². The average Bonchev–Trinajstić information content (AvgIpc) is 3.26. The summed E-state index contributed by atoms with van der Waals surface area (Å²) >= 11 is 1.20. The Hall–Kier alpha value is -3.14. The third kappa shape index (κ3) is 3.31. The van der Waals surface area contributed by atoms with Crippen LogP contribution in [0, 0.1) is 0 Å². The van der Waals surface area contributed by atoms with Crippen LogP contribution in [0.4, 0.5) is 24.0 Å². The van der Waals surface area contributed by atoms with Crippen molar-refractivity contribution in [2.75, 3.05) is 12.4 Å². The molecule has 0 aliphatic carbocycles. The first-order valence-electron chi connectivity index (χ1n) is 7.72. The highest BCUT2D eigenvalue weighted by atomic mass is 32.1. The van der Waals surface area contributed by atoms with E-state index in [1.807, 2.05) is 0 Å². The molecule has 1 N–H and O–H groups in total. The van der Waals surface area contributed by atoms with Gasteiger partial charge in [0.25, 0.3) is 0 Å². The van der Waals surface area contributed by atoms with E-state index >= 15 is 0 Å². The first-order valence-corrected chi connectivity index (χ1v) is 8.60. The molecule has 6 nitrogen and oxygen atoms in total. The van der Waals surface area contributed by atoms with Crippen molar-refractivity contribution in [2.45, 2.75) is 6.18 Å². The van der Waals surface area contributed by atoms with E-state index in [9.17, 15) is 13.2 Å². The summed E-state index contributed by atoms with van der Waals surface area (Å²) in [6.07, 6.45) is -0.486. The Morgan fingerprint density at radius 1 is 1.15 bits per heavy atom. The molecule has 0 saturated carbocycles. The van der Waals surface area contributed by atoms with Gasteiger partial charge in [0.2, 0.25) is 0 Å². The van der Waals surface area contributed by atoms with E-state index in [4.69, 9.17) is 4.74 Å². The Bertz CT molecular complexity index is 1090. The molecule has 0 radical (unpaired) electrons. The molecule has 0 saturated heterocycles. The molecule has 0 atom stereocenters. The maximum Gasteiger partial charge on any atom is 0.435 e. The van der Waals surface area contributed by atoms with Gasteiger partial charge in [0, 0.05) is 23.5 Å². The lowest BCUT2D eigenvalue weighted by molar-refractivity contribution is -0.140. The molecule has 1 aromatic carbocycles. The molecule has 0 unspecified atom stereocenters. The van der Waals surface area contributed by atoms with Gasteiger partial charge in [-0.15, -0.1) is 11.3 Å². The van der Waals surface area contributed by atoms with E-state index in [0.717, 1.165) is 5.69 Å². The smallest absolute Gasteiger partial charge is 0.435 e. The number of nitrogens with one attached hydrogen (secondary N) is 1. The van der Waals surface area contributed by atoms with Crippen LogP contribution in [0.2, 0.25) is 0 Å². The summed E-state index contributed by atoms with van der Waals surface area (Å²) < 4.78 is 46.8. The quantitative estimate of drug-likeness (QED) is 0.550. The zero-order valence-corrected chi connectivity index (χ0v) is 14.7. The van der Waals surface area contributed by atoms with Gasteiger partial charge in [-0.1, -0.05) is 0 Å². The first kappa shape index (κ1) is 17.3.